The molecule has 0 aliphatic rings. The highest BCUT2D eigenvalue weighted by Gasteiger charge is 2.15. The molecule has 1 rings (SSSR count). The quantitative estimate of drug-likeness (QED) is 0.810. The largest absolute Gasteiger partial charge is 0.330 e. The Morgan fingerprint density at radius 2 is 2.00 bits per heavy atom. The lowest BCUT2D eigenvalue weighted by Crippen LogP contribution is -2.22. The van der Waals surface area contributed by atoms with E-state index in [1.165, 1.54) is 5.69 Å². The molecule has 0 fully saturated rings. The van der Waals surface area contributed by atoms with Crippen LogP contribution >= 0.6 is 0 Å². The van der Waals surface area contributed by atoms with Crippen LogP contribution in [0.2, 0.25) is 0 Å². The van der Waals surface area contributed by atoms with Crippen molar-refractivity contribution in [1.29, 1.82) is 0 Å². The first-order valence-corrected chi connectivity index (χ1v) is 5.78. The van der Waals surface area contributed by atoms with Gasteiger partial charge in [0.25, 0.3) is 0 Å². The third-order valence-corrected chi connectivity index (χ3v) is 2.70. The Balaban J connectivity index is 2.86. The summed E-state index contributed by atoms with van der Waals surface area (Å²) >= 11 is 0. The minimum absolute atomic E-state index is 0.393. The summed E-state index contributed by atoms with van der Waals surface area (Å²) in [6.45, 7) is 9.53. The Morgan fingerprint density at radius 3 is 2.47 bits per heavy atom. The number of rotatable bonds is 5. The van der Waals surface area contributed by atoms with Crippen LogP contribution in [0.1, 0.15) is 51.8 Å². The van der Waals surface area contributed by atoms with Gasteiger partial charge in [0.2, 0.25) is 0 Å². The highest BCUT2D eigenvalue weighted by Crippen LogP contribution is 2.22. The van der Waals surface area contributed by atoms with E-state index >= 15 is 0 Å². The topological polar surface area (TPSA) is 43.8 Å². The molecular weight excluding hydrogens is 186 g/mol. The van der Waals surface area contributed by atoms with Crippen LogP contribution in [0.4, 0.5) is 0 Å². The maximum atomic E-state index is 5.83. The fourth-order valence-corrected chi connectivity index (χ4v) is 1.93. The lowest BCUT2D eigenvalue weighted by Gasteiger charge is -2.22. The summed E-state index contributed by atoms with van der Waals surface area (Å²) in [6.07, 6.45) is 4.98. The fourth-order valence-electron chi connectivity index (χ4n) is 1.93. The van der Waals surface area contributed by atoms with Crippen molar-refractivity contribution in [3.05, 3.63) is 18.2 Å². The predicted octanol–water partition coefficient (Wildman–Crippen LogP) is 2.55. The highest BCUT2D eigenvalue weighted by atomic mass is 15.1. The molecule has 0 bridgehead atoms. The predicted molar refractivity (Wildman–Crippen MR) is 63.9 cm³/mol. The van der Waals surface area contributed by atoms with Crippen LogP contribution in [0.5, 0.6) is 0 Å². The van der Waals surface area contributed by atoms with Crippen molar-refractivity contribution < 1.29 is 0 Å². The van der Waals surface area contributed by atoms with Crippen molar-refractivity contribution in [2.75, 3.05) is 6.54 Å². The van der Waals surface area contributed by atoms with Gasteiger partial charge in [0, 0.05) is 24.5 Å². The minimum Gasteiger partial charge on any atom is -0.330 e. The molecule has 1 aromatic heterocycles. The van der Waals surface area contributed by atoms with Gasteiger partial charge in [-0.05, 0) is 18.3 Å². The number of nitrogens with zero attached hydrogens (tertiary/aromatic N) is 2. The SMILES string of the molecule is CC(C)CC(CN)n1cncc1C(C)C. The number of imidazole rings is 1. The van der Waals surface area contributed by atoms with Gasteiger partial charge >= 0.3 is 0 Å². The van der Waals surface area contributed by atoms with E-state index in [-0.39, 0.29) is 0 Å². The second kappa shape index (κ2) is 5.31. The van der Waals surface area contributed by atoms with Gasteiger partial charge in [-0.1, -0.05) is 27.7 Å². The Labute approximate surface area is 92.7 Å². The Bertz CT molecular complexity index is 289. The summed E-state index contributed by atoms with van der Waals surface area (Å²) in [5.41, 5.74) is 7.12. The number of nitrogens with two attached hydrogens (primary N) is 1. The monoisotopic (exact) mass is 209 g/mol. The normalized spacial score (nSPS) is 13.8. The van der Waals surface area contributed by atoms with Crippen molar-refractivity contribution in [3.8, 4) is 0 Å². The summed E-state index contributed by atoms with van der Waals surface area (Å²) in [4.78, 5) is 4.23. The molecule has 2 N–H and O–H groups in total. The van der Waals surface area contributed by atoms with Crippen molar-refractivity contribution >= 4 is 0 Å². The van der Waals surface area contributed by atoms with Crippen LogP contribution in [0.25, 0.3) is 0 Å². The highest BCUT2D eigenvalue weighted by molar-refractivity contribution is 5.05. The third kappa shape index (κ3) is 3.06. The van der Waals surface area contributed by atoms with Gasteiger partial charge in [-0.3, -0.25) is 0 Å². The molecule has 15 heavy (non-hydrogen) atoms. The maximum Gasteiger partial charge on any atom is 0.0951 e. The average Bonchev–Trinajstić information content (AvgIpc) is 2.62. The zero-order chi connectivity index (χ0) is 11.4. The third-order valence-electron chi connectivity index (χ3n) is 2.70. The summed E-state index contributed by atoms with van der Waals surface area (Å²) in [5.74, 6) is 1.18. The van der Waals surface area contributed by atoms with E-state index in [0.717, 1.165) is 6.42 Å². The fraction of sp³-hybridized carbons (Fsp3) is 0.750. The van der Waals surface area contributed by atoms with E-state index in [4.69, 9.17) is 5.73 Å². The molecule has 86 valence electrons. The molecule has 1 aromatic rings. The van der Waals surface area contributed by atoms with Gasteiger partial charge in [0.1, 0.15) is 0 Å². The first-order chi connectivity index (χ1) is 7.06. The van der Waals surface area contributed by atoms with E-state index in [2.05, 4.69) is 37.2 Å². The van der Waals surface area contributed by atoms with Crippen molar-refractivity contribution in [2.45, 2.75) is 46.1 Å². The van der Waals surface area contributed by atoms with Crippen LogP contribution in [0.15, 0.2) is 12.5 Å². The lowest BCUT2D eigenvalue weighted by atomic mass is 10.0. The van der Waals surface area contributed by atoms with Crippen LogP contribution in [-0.4, -0.2) is 16.1 Å². The van der Waals surface area contributed by atoms with E-state index in [1.54, 1.807) is 0 Å². The van der Waals surface area contributed by atoms with Gasteiger partial charge in [0.05, 0.1) is 6.33 Å². The molecule has 0 amide bonds. The lowest BCUT2D eigenvalue weighted by molar-refractivity contribution is 0.395. The van der Waals surface area contributed by atoms with Crippen LogP contribution in [0.3, 0.4) is 0 Å². The summed E-state index contributed by atoms with van der Waals surface area (Å²) in [7, 11) is 0. The Morgan fingerprint density at radius 1 is 1.33 bits per heavy atom. The summed E-state index contributed by atoms with van der Waals surface area (Å²) < 4.78 is 2.24. The Hall–Kier alpha value is -0.830. The van der Waals surface area contributed by atoms with Gasteiger partial charge in [0.15, 0.2) is 0 Å². The standard InChI is InChI=1S/C12H23N3/c1-9(2)5-11(6-13)15-8-14-7-12(15)10(3)4/h7-11H,5-6,13H2,1-4H3. The van der Waals surface area contributed by atoms with Crippen molar-refractivity contribution in [2.24, 2.45) is 11.7 Å². The Kier molecular flexibility index (Phi) is 4.33. The molecule has 0 saturated carbocycles. The van der Waals surface area contributed by atoms with Crippen molar-refractivity contribution in [3.63, 3.8) is 0 Å². The molecular formula is C12H23N3. The second-order valence-electron chi connectivity index (χ2n) is 4.90. The molecule has 0 spiro atoms. The van der Waals surface area contributed by atoms with Gasteiger partial charge in [-0.25, -0.2) is 4.98 Å². The smallest absolute Gasteiger partial charge is 0.0951 e. The van der Waals surface area contributed by atoms with Crippen molar-refractivity contribution in [1.82, 2.24) is 9.55 Å². The van der Waals surface area contributed by atoms with Crippen LogP contribution in [-0.2, 0) is 0 Å². The van der Waals surface area contributed by atoms with Gasteiger partial charge in [-0.15, -0.1) is 0 Å². The second-order valence-corrected chi connectivity index (χ2v) is 4.90. The first-order valence-electron chi connectivity index (χ1n) is 5.78. The molecule has 3 heteroatoms. The van der Waals surface area contributed by atoms with Gasteiger partial charge < -0.3 is 10.3 Å². The number of hydrogen-bond donors (Lipinski definition) is 1. The van der Waals surface area contributed by atoms with E-state index in [1.807, 2.05) is 12.5 Å². The maximum absolute atomic E-state index is 5.83. The van der Waals surface area contributed by atoms with E-state index in [9.17, 15) is 0 Å². The summed E-state index contributed by atoms with van der Waals surface area (Å²) in [5, 5.41) is 0. The van der Waals surface area contributed by atoms with E-state index < -0.39 is 0 Å². The molecule has 0 aliphatic carbocycles. The van der Waals surface area contributed by atoms with Crippen LogP contribution in [0, 0.1) is 5.92 Å². The molecule has 3 nitrogen and oxygen atoms in total. The molecule has 0 aromatic carbocycles. The number of hydrogen-bond acceptors (Lipinski definition) is 2. The molecule has 1 heterocycles. The molecule has 1 atom stereocenters. The van der Waals surface area contributed by atoms with E-state index in [0.29, 0.717) is 24.4 Å². The molecule has 0 saturated heterocycles. The first kappa shape index (κ1) is 12.2. The summed E-state index contributed by atoms with van der Waals surface area (Å²) in [6, 6.07) is 0.393. The average molecular weight is 209 g/mol. The molecule has 0 aliphatic heterocycles. The zero-order valence-corrected chi connectivity index (χ0v) is 10.3. The minimum atomic E-state index is 0.393. The molecule has 0 radical (unpaired) electrons. The van der Waals surface area contributed by atoms with Crippen LogP contribution < -0.4 is 5.73 Å². The van der Waals surface area contributed by atoms with Gasteiger partial charge in [-0.2, -0.15) is 0 Å². The number of aromatic nitrogens is 2. The molecule has 1 unspecified atom stereocenters. The zero-order valence-electron chi connectivity index (χ0n) is 10.3.